The zero-order chi connectivity index (χ0) is 13.7. The predicted molar refractivity (Wildman–Crippen MR) is 72.1 cm³/mol. The van der Waals surface area contributed by atoms with Crippen LogP contribution in [0.4, 0.5) is 11.5 Å². The molecule has 0 bridgehead atoms. The molecule has 1 N–H and O–H groups in total. The minimum Gasteiger partial charge on any atom is -0.370 e. The molecule has 0 aliphatic rings. The monoisotopic (exact) mass is 258 g/mol. The molecule has 0 saturated heterocycles. The van der Waals surface area contributed by atoms with Gasteiger partial charge in [0.2, 0.25) is 0 Å². The van der Waals surface area contributed by atoms with E-state index in [2.05, 4.69) is 15.3 Å². The topological polar surface area (TPSA) is 81.0 Å². The summed E-state index contributed by atoms with van der Waals surface area (Å²) >= 11 is 0. The first kappa shape index (κ1) is 12.9. The fourth-order valence-electron chi connectivity index (χ4n) is 1.72. The zero-order valence-electron chi connectivity index (χ0n) is 10.5. The molecule has 0 aromatic carbocycles. The molecule has 6 nitrogen and oxygen atoms in total. The lowest BCUT2D eigenvalue weighted by Gasteiger charge is -2.08. The van der Waals surface area contributed by atoms with Crippen LogP contribution in [0.5, 0.6) is 0 Å². The normalized spacial score (nSPS) is 10.2. The van der Waals surface area contributed by atoms with Crippen LogP contribution in [0.15, 0.2) is 36.8 Å². The lowest BCUT2D eigenvalue weighted by Crippen LogP contribution is -2.08. The van der Waals surface area contributed by atoms with Crippen molar-refractivity contribution in [3.05, 3.63) is 58.0 Å². The van der Waals surface area contributed by atoms with Gasteiger partial charge in [0.05, 0.1) is 4.92 Å². The Bertz CT molecular complexity index is 572. The Labute approximate surface area is 110 Å². The molecule has 0 unspecified atom stereocenters. The number of hydrogen-bond acceptors (Lipinski definition) is 5. The molecule has 2 aromatic heterocycles. The summed E-state index contributed by atoms with van der Waals surface area (Å²) in [5.41, 5.74) is 1.96. The second-order valence-corrected chi connectivity index (χ2v) is 4.15. The smallest absolute Gasteiger partial charge is 0.287 e. The number of rotatable bonds is 5. The molecule has 98 valence electrons. The van der Waals surface area contributed by atoms with Crippen LogP contribution in [0.1, 0.15) is 11.1 Å². The van der Waals surface area contributed by atoms with Crippen molar-refractivity contribution >= 4 is 11.5 Å². The van der Waals surface area contributed by atoms with E-state index in [0.29, 0.717) is 5.82 Å². The third kappa shape index (κ3) is 3.48. The van der Waals surface area contributed by atoms with Crippen molar-refractivity contribution in [1.29, 1.82) is 0 Å². The van der Waals surface area contributed by atoms with Gasteiger partial charge in [0.15, 0.2) is 0 Å². The average Bonchev–Trinajstić information content (AvgIpc) is 2.41. The maximum absolute atomic E-state index is 10.6. The maximum Gasteiger partial charge on any atom is 0.287 e. The fourth-order valence-corrected chi connectivity index (χ4v) is 1.72. The number of nitrogens with one attached hydrogen (secondary N) is 1. The Balaban J connectivity index is 1.95. The summed E-state index contributed by atoms with van der Waals surface area (Å²) in [6, 6.07) is 5.43. The SMILES string of the molecule is Cc1cc([N+](=O)[O-])cnc1NCCc1ccncc1. The van der Waals surface area contributed by atoms with E-state index >= 15 is 0 Å². The van der Waals surface area contributed by atoms with Crippen molar-refractivity contribution < 1.29 is 4.92 Å². The standard InChI is InChI=1S/C13H14N4O2/c1-10-8-12(17(18)19)9-16-13(10)15-7-4-11-2-5-14-6-3-11/h2-3,5-6,8-9H,4,7H2,1H3,(H,15,16). The summed E-state index contributed by atoms with van der Waals surface area (Å²) in [5.74, 6) is 0.680. The number of pyridine rings is 2. The van der Waals surface area contributed by atoms with Gasteiger partial charge in [-0.3, -0.25) is 15.1 Å². The lowest BCUT2D eigenvalue weighted by molar-refractivity contribution is -0.385. The van der Waals surface area contributed by atoms with Crippen molar-refractivity contribution in [2.45, 2.75) is 13.3 Å². The van der Waals surface area contributed by atoms with Gasteiger partial charge in [-0.05, 0) is 36.6 Å². The van der Waals surface area contributed by atoms with Crippen molar-refractivity contribution in [3.63, 3.8) is 0 Å². The van der Waals surface area contributed by atoms with Gasteiger partial charge in [-0.15, -0.1) is 0 Å². The van der Waals surface area contributed by atoms with E-state index in [-0.39, 0.29) is 5.69 Å². The summed E-state index contributed by atoms with van der Waals surface area (Å²) in [5, 5.41) is 13.8. The second kappa shape index (κ2) is 5.90. The number of hydrogen-bond donors (Lipinski definition) is 1. The van der Waals surface area contributed by atoms with E-state index in [0.717, 1.165) is 18.5 Å². The predicted octanol–water partition coefficient (Wildman–Crippen LogP) is 2.35. The highest BCUT2D eigenvalue weighted by molar-refractivity contribution is 5.48. The van der Waals surface area contributed by atoms with Crippen LogP contribution in [-0.2, 0) is 6.42 Å². The van der Waals surface area contributed by atoms with Gasteiger partial charge in [0.25, 0.3) is 5.69 Å². The molecule has 2 heterocycles. The molecule has 19 heavy (non-hydrogen) atoms. The maximum atomic E-state index is 10.6. The third-order valence-corrected chi connectivity index (χ3v) is 2.73. The van der Waals surface area contributed by atoms with Gasteiger partial charge in [0.1, 0.15) is 12.0 Å². The van der Waals surface area contributed by atoms with Crippen LogP contribution >= 0.6 is 0 Å². The molecular formula is C13H14N4O2. The Hall–Kier alpha value is -2.50. The third-order valence-electron chi connectivity index (χ3n) is 2.73. The van der Waals surface area contributed by atoms with Crippen LogP contribution in [0.3, 0.4) is 0 Å². The van der Waals surface area contributed by atoms with Crippen molar-refractivity contribution in [2.24, 2.45) is 0 Å². The van der Waals surface area contributed by atoms with E-state index in [1.54, 1.807) is 19.3 Å². The second-order valence-electron chi connectivity index (χ2n) is 4.15. The van der Waals surface area contributed by atoms with Crippen molar-refractivity contribution in [2.75, 3.05) is 11.9 Å². The Morgan fingerprint density at radius 3 is 2.74 bits per heavy atom. The Morgan fingerprint density at radius 1 is 1.37 bits per heavy atom. The molecule has 2 aromatic rings. The fraction of sp³-hybridized carbons (Fsp3) is 0.231. The molecule has 0 saturated carbocycles. The highest BCUT2D eigenvalue weighted by Crippen LogP contribution is 2.17. The first-order chi connectivity index (χ1) is 9.16. The summed E-state index contributed by atoms with van der Waals surface area (Å²) < 4.78 is 0. The van der Waals surface area contributed by atoms with E-state index in [1.807, 2.05) is 12.1 Å². The minimum absolute atomic E-state index is 0.0113. The molecule has 0 spiro atoms. The van der Waals surface area contributed by atoms with Gasteiger partial charge in [-0.25, -0.2) is 4.98 Å². The molecule has 0 aliphatic carbocycles. The minimum atomic E-state index is -0.444. The van der Waals surface area contributed by atoms with Gasteiger partial charge >= 0.3 is 0 Å². The lowest BCUT2D eigenvalue weighted by atomic mass is 10.2. The molecule has 0 aliphatic heterocycles. The number of aromatic nitrogens is 2. The molecule has 0 amide bonds. The highest BCUT2D eigenvalue weighted by atomic mass is 16.6. The molecule has 0 radical (unpaired) electrons. The van der Waals surface area contributed by atoms with Crippen LogP contribution in [0.25, 0.3) is 0 Å². The van der Waals surface area contributed by atoms with E-state index in [1.165, 1.54) is 17.8 Å². The largest absolute Gasteiger partial charge is 0.370 e. The number of anilines is 1. The zero-order valence-corrected chi connectivity index (χ0v) is 10.5. The molecule has 0 fully saturated rings. The van der Waals surface area contributed by atoms with Gasteiger partial charge in [-0.1, -0.05) is 0 Å². The first-order valence-corrected chi connectivity index (χ1v) is 5.90. The Kier molecular flexibility index (Phi) is 4.02. The molecular weight excluding hydrogens is 244 g/mol. The van der Waals surface area contributed by atoms with Gasteiger partial charge < -0.3 is 5.32 Å². The summed E-state index contributed by atoms with van der Waals surface area (Å²) in [4.78, 5) is 18.2. The van der Waals surface area contributed by atoms with Gasteiger partial charge in [-0.2, -0.15) is 0 Å². The summed E-state index contributed by atoms with van der Waals surface area (Å²) in [6.07, 6.45) is 5.62. The van der Waals surface area contributed by atoms with Crippen LogP contribution in [0, 0.1) is 17.0 Å². The van der Waals surface area contributed by atoms with E-state index < -0.39 is 4.92 Å². The molecule has 0 atom stereocenters. The summed E-state index contributed by atoms with van der Waals surface area (Å²) in [6.45, 7) is 2.52. The van der Waals surface area contributed by atoms with E-state index in [9.17, 15) is 10.1 Å². The highest BCUT2D eigenvalue weighted by Gasteiger charge is 2.08. The van der Waals surface area contributed by atoms with Crippen LogP contribution in [0.2, 0.25) is 0 Å². The van der Waals surface area contributed by atoms with Crippen LogP contribution in [-0.4, -0.2) is 21.4 Å². The van der Waals surface area contributed by atoms with Crippen molar-refractivity contribution in [1.82, 2.24) is 9.97 Å². The van der Waals surface area contributed by atoms with Crippen LogP contribution < -0.4 is 5.32 Å². The number of nitro groups is 1. The number of aryl methyl sites for hydroxylation is 1. The molecule has 6 heteroatoms. The van der Waals surface area contributed by atoms with Gasteiger partial charge in [0, 0.05) is 25.0 Å². The van der Waals surface area contributed by atoms with Crippen molar-refractivity contribution in [3.8, 4) is 0 Å². The first-order valence-electron chi connectivity index (χ1n) is 5.90. The summed E-state index contributed by atoms with van der Waals surface area (Å²) in [7, 11) is 0. The number of nitrogens with zero attached hydrogens (tertiary/aromatic N) is 3. The average molecular weight is 258 g/mol. The Morgan fingerprint density at radius 2 is 2.11 bits per heavy atom. The van der Waals surface area contributed by atoms with E-state index in [4.69, 9.17) is 0 Å². The quantitative estimate of drug-likeness (QED) is 0.657. The molecule has 2 rings (SSSR count).